The maximum absolute atomic E-state index is 6.00. The molecule has 6 nitrogen and oxygen atoms in total. The molecule has 3 aromatic carbocycles. The second kappa shape index (κ2) is 16.4. The van der Waals surface area contributed by atoms with Gasteiger partial charge in [-0.2, -0.15) is 0 Å². The summed E-state index contributed by atoms with van der Waals surface area (Å²) in [5.41, 5.74) is 7.40. The second-order valence-corrected chi connectivity index (χ2v) is 16.6. The largest absolute Gasteiger partial charge is 1.00 e. The third kappa shape index (κ3) is 6.45. The van der Waals surface area contributed by atoms with Crippen LogP contribution in [0.15, 0.2) is 57.0 Å². The van der Waals surface area contributed by atoms with Gasteiger partial charge in [0, 0.05) is 0 Å². The Morgan fingerprint density at radius 3 is 0.936 bits per heavy atom. The molecular formula is C36H45Cl3O6SiTi. The van der Waals surface area contributed by atoms with Gasteiger partial charge >= 0.3 is 277 Å². The van der Waals surface area contributed by atoms with Crippen LogP contribution in [0.5, 0.6) is 34.5 Å². The summed E-state index contributed by atoms with van der Waals surface area (Å²) in [5.74, 6) is 4.19. The third-order valence-electron chi connectivity index (χ3n) is 9.90. The Labute approximate surface area is 312 Å². The van der Waals surface area contributed by atoms with Crippen LogP contribution in [-0.2, 0) is 20.4 Å². The first kappa shape index (κ1) is 42.8. The Bertz CT molecular complexity index is 1510. The van der Waals surface area contributed by atoms with E-state index in [1.165, 1.54) is 36.2 Å². The monoisotopic (exact) mass is 754 g/mol. The van der Waals surface area contributed by atoms with Crippen molar-refractivity contribution in [2.75, 3.05) is 42.7 Å². The summed E-state index contributed by atoms with van der Waals surface area (Å²) in [5, 5.41) is 3.29. The minimum atomic E-state index is -3.23. The Balaban J connectivity index is 0.00000368. The molecular weight excluding hydrogens is 711 g/mol. The molecule has 0 aromatic heterocycles. The van der Waals surface area contributed by atoms with E-state index < -0.39 is 8.07 Å². The van der Waals surface area contributed by atoms with Gasteiger partial charge in [-0.15, -0.1) is 0 Å². The van der Waals surface area contributed by atoms with Crippen LogP contribution in [0.4, 0.5) is 0 Å². The number of halogens is 3. The normalized spacial score (nSPS) is 15.7. The molecule has 0 aliphatic heterocycles. The van der Waals surface area contributed by atoms with Crippen LogP contribution >= 0.6 is 0 Å². The van der Waals surface area contributed by atoms with Crippen molar-refractivity contribution in [3.63, 3.8) is 0 Å². The van der Waals surface area contributed by atoms with Crippen LogP contribution in [0, 0.1) is 20.8 Å². The van der Waals surface area contributed by atoms with Gasteiger partial charge in [-0.3, -0.25) is 0 Å². The molecule has 1 atom stereocenters. The molecule has 0 bridgehead atoms. The number of aryl methyl sites for hydroxylation is 3. The maximum atomic E-state index is 6.00. The number of allylic oxidation sites excluding steroid dienone is 4. The van der Waals surface area contributed by atoms with E-state index in [2.05, 4.69) is 105 Å². The van der Waals surface area contributed by atoms with E-state index in [1.54, 1.807) is 42.7 Å². The van der Waals surface area contributed by atoms with E-state index >= 15 is 0 Å². The van der Waals surface area contributed by atoms with Gasteiger partial charge in [0.1, 0.15) is 0 Å². The number of ether oxygens (including phenoxy) is 6. The molecule has 0 saturated carbocycles. The fourth-order valence-electron chi connectivity index (χ4n) is 7.27. The Morgan fingerprint density at radius 2 is 0.723 bits per heavy atom. The number of hydrogen-bond acceptors (Lipinski definition) is 6. The first-order valence-corrected chi connectivity index (χ1v) is 17.4. The topological polar surface area (TPSA) is 55.4 Å². The Kier molecular flexibility index (Phi) is 14.9. The molecule has 47 heavy (non-hydrogen) atoms. The molecule has 1 aliphatic carbocycles. The zero-order valence-electron chi connectivity index (χ0n) is 29.5. The van der Waals surface area contributed by atoms with Crippen molar-refractivity contribution >= 4 is 23.6 Å². The van der Waals surface area contributed by atoms with Gasteiger partial charge in [0.25, 0.3) is 0 Å². The molecule has 0 amide bonds. The number of methoxy groups -OCH3 is 6. The molecule has 1 unspecified atom stereocenters. The average molecular weight is 756 g/mol. The van der Waals surface area contributed by atoms with E-state index in [9.17, 15) is 0 Å². The summed E-state index contributed by atoms with van der Waals surface area (Å²) in [7, 11) is 6.92. The quantitative estimate of drug-likeness (QED) is 0.164. The van der Waals surface area contributed by atoms with Crippen molar-refractivity contribution in [3.05, 3.63) is 73.7 Å². The number of benzene rings is 3. The van der Waals surface area contributed by atoms with Crippen LogP contribution in [-0.4, -0.2) is 50.7 Å². The van der Waals surface area contributed by atoms with Gasteiger partial charge in [0.2, 0.25) is 0 Å². The molecule has 11 heteroatoms. The van der Waals surface area contributed by atoms with Gasteiger partial charge < -0.3 is 37.2 Å². The summed E-state index contributed by atoms with van der Waals surface area (Å²) in [4.78, 5) is 0. The Morgan fingerprint density at radius 1 is 0.468 bits per heavy atom. The summed E-state index contributed by atoms with van der Waals surface area (Å²) >= 11 is 2.30. The van der Waals surface area contributed by atoms with Gasteiger partial charge in [-0.25, -0.2) is 0 Å². The van der Waals surface area contributed by atoms with E-state index in [1.807, 2.05) is 0 Å². The van der Waals surface area contributed by atoms with Crippen LogP contribution in [0.25, 0.3) is 0 Å². The zero-order valence-corrected chi connectivity index (χ0v) is 34.4. The minimum absolute atomic E-state index is 0. The standard InChI is InChI=1S/C36H45O6Si.3ClH.Ti/c1-21-14-27(37-8)30(40-11)17-33(21)43(36(7)20-24(4)25(5)26(36)6,34-18-31(41-12)28(38-9)15-22(34)2)35-19-32(42-13)29(39-10)16-23(35)3;;;;/h14-19H,1-13H3;3*1H;/q;;;;+3/p-3. The van der Waals surface area contributed by atoms with Crippen molar-refractivity contribution in [3.8, 4) is 34.5 Å². The predicted octanol–water partition coefficient (Wildman–Crippen LogP) is -2.92. The first-order valence-electron chi connectivity index (χ1n) is 14.6. The summed E-state index contributed by atoms with van der Waals surface area (Å²) in [6, 6.07) is 13.0. The van der Waals surface area contributed by atoms with Crippen LogP contribution < -0.4 is 81.2 Å². The van der Waals surface area contributed by atoms with E-state index in [0.717, 1.165) is 16.7 Å². The summed E-state index contributed by atoms with van der Waals surface area (Å²) < 4.78 is 36.8. The summed E-state index contributed by atoms with van der Waals surface area (Å²) in [6.07, 6.45) is 0. The predicted molar refractivity (Wildman–Crippen MR) is 177 cm³/mol. The second-order valence-electron chi connectivity index (χ2n) is 11.7. The van der Waals surface area contributed by atoms with Gasteiger partial charge in [0.05, 0.1) is 0 Å². The van der Waals surface area contributed by atoms with Crippen LogP contribution in [0.3, 0.4) is 0 Å². The van der Waals surface area contributed by atoms with E-state index in [-0.39, 0.29) is 42.3 Å². The third-order valence-corrected chi connectivity index (χ3v) is 17.8. The SMILES string of the molecule is COc1cc(C)c([Si](c2cc(OC)c(OC)cc2C)(c2cc(OC)c(OC)cc2C)C2(C)C(C)=C(C)C(C)=[C]2[Ti+3])cc1OC.[Cl-].[Cl-].[Cl-]. The molecule has 0 saturated heterocycles. The molecule has 0 radical (unpaired) electrons. The molecule has 4 rings (SSSR count). The maximum Gasteiger partial charge on any atom is -1.00 e. The van der Waals surface area contributed by atoms with Crippen molar-refractivity contribution in [1.82, 2.24) is 0 Å². The molecule has 0 heterocycles. The van der Waals surface area contributed by atoms with Crippen molar-refractivity contribution in [1.29, 1.82) is 0 Å². The van der Waals surface area contributed by atoms with Gasteiger partial charge in [-0.05, 0) is 0 Å². The number of rotatable bonds is 10. The first-order chi connectivity index (χ1) is 20.8. The smallest absolute Gasteiger partial charge is 1.00 e. The van der Waals surface area contributed by atoms with Crippen molar-refractivity contribution in [2.45, 2.75) is 53.5 Å². The molecule has 0 N–H and O–H groups in total. The van der Waals surface area contributed by atoms with Crippen LogP contribution in [0.2, 0.25) is 5.04 Å². The zero-order chi connectivity index (χ0) is 32.7. The van der Waals surface area contributed by atoms with Crippen molar-refractivity contribution < 1.29 is 86.1 Å². The Hall–Kier alpha value is -2.26. The van der Waals surface area contributed by atoms with Gasteiger partial charge in [0.15, 0.2) is 0 Å². The average Bonchev–Trinajstić information content (AvgIpc) is 3.17. The molecule has 3 aromatic rings. The van der Waals surface area contributed by atoms with Crippen molar-refractivity contribution in [2.24, 2.45) is 0 Å². The van der Waals surface area contributed by atoms with E-state index in [4.69, 9.17) is 28.4 Å². The molecule has 254 valence electrons. The summed E-state index contributed by atoms with van der Waals surface area (Å²) in [6.45, 7) is 15.8. The van der Waals surface area contributed by atoms with E-state index in [0.29, 0.717) is 34.5 Å². The molecule has 1 aliphatic rings. The molecule has 0 fully saturated rings. The minimum Gasteiger partial charge on any atom is -1.00 e. The number of hydrogen-bond donors (Lipinski definition) is 0. The molecule has 0 spiro atoms. The van der Waals surface area contributed by atoms with Gasteiger partial charge in [-0.1, -0.05) is 0 Å². The fraction of sp³-hybridized carbons (Fsp3) is 0.389. The van der Waals surface area contributed by atoms with Crippen LogP contribution in [0.1, 0.15) is 44.4 Å². The fourth-order valence-corrected chi connectivity index (χ4v) is 15.6.